The molecule has 0 aliphatic rings. The third-order valence-electron chi connectivity index (χ3n) is 5.13. The molecule has 3 aromatic rings. The molecule has 0 fully saturated rings. The topological polar surface area (TPSA) is 97.3 Å². The van der Waals surface area contributed by atoms with Crippen molar-refractivity contribution in [1.82, 2.24) is 5.43 Å². The smallest absolute Gasteiger partial charge is 0.264 e. The standard InChI is InChI=1S/C27H31N3O5S/c1-4-17-35-25-16-15-22(18-26(25)34-5-2)19-28-29-27(31)20-30(24-14-10-9-11-21(24)3)36(32,33)23-12-7-6-8-13-23/h6-16,18-19H,4-5,17,20H2,1-3H3,(H,29,31)/b28-19+. The van der Waals surface area contributed by atoms with E-state index in [2.05, 4.69) is 10.5 Å². The highest BCUT2D eigenvalue weighted by Gasteiger charge is 2.28. The maximum absolute atomic E-state index is 13.4. The minimum atomic E-state index is -3.98. The summed E-state index contributed by atoms with van der Waals surface area (Å²) < 4.78 is 39.2. The molecule has 0 atom stereocenters. The number of ether oxygens (including phenoxy) is 2. The molecule has 9 heteroatoms. The van der Waals surface area contributed by atoms with Crippen molar-refractivity contribution in [2.45, 2.75) is 32.1 Å². The normalized spacial score (nSPS) is 11.3. The summed E-state index contributed by atoms with van der Waals surface area (Å²) in [7, 11) is -3.98. The number of nitrogens with zero attached hydrogens (tertiary/aromatic N) is 2. The molecule has 0 spiro atoms. The lowest BCUT2D eigenvalue weighted by molar-refractivity contribution is -0.119. The predicted octanol–water partition coefficient (Wildman–Crippen LogP) is 4.53. The number of hydrazone groups is 1. The molecule has 3 aromatic carbocycles. The van der Waals surface area contributed by atoms with Crippen molar-refractivity contribution >= 4 is 27.8 Å². The lowest BCUT2D eigenvalue weighted by atomic mass is 10.2. The van der Waals surface area contributed by atoms with Crippen molar-refractivity contribution in [3.63, 3.8) is 0 Å². The van der Waals surface area contributed by atoms with Gasteiger partial charge in [-0.1, -0.05) is 43.3 Å². The second kappa shape index (κ2) is 12.7. The van der Waals surface area contributed by atoms with E-state index in [1.807, 2.05) is 19.9 Å². The van der Waals surface area contributed by atoms with Gasteiger partial charge in [0.15, 0.2) is 11.5 Å². The van der Waals surface area contributed by atoms with Gasteiger partial charge in [0, 0.05) is 0 Å². The van der Waals surface area contributed by atoms with Crippen LogP contribution in [0.2, 0.25) is 0 Å². The zero-order chi connectivity index (χ0) is 26.0. The highest BCUT2D eigenvalue weighted by molar-refractivity contribution is 7.92. The van der Waals surface area contributed by atoms with Gasteiger partial charge in [0.1, 0.15) is 6.54 Å². The van der Waals surface area contributed by atoms with E-state index < -0.39 is 22.5 Å². The monoisotopic (exact) mass is 509 g/mol. The minimum Gasteiger partial charge on any atom is -0.490 e. The first-order valence-corrected chi connectivity index (χ1v) is 13.2. The number of benzene rings is 3. The molecule has 0 aliphatic heterocycles. The summed E-state index contributed by atoms with van der Waals surface area (Å²) in [6.45, 7) is 6.32. The molecule has 0 bridgehead atoms. The molecular formula is C27H31N3O5S. The second-order valence-electron chi connectivity index (χ2n) is 7.89. The average Bonchev–Trinajstić information content (AvgIpc) is 2.88. The fraction of sp³-hybridized carbons (Fsp3) is 0.259. The van der Waals surface area contributed by atoms with Crippen LogP contribution in [0, 0.1) is 6.92 Å². The Hall–Kier alpha value is -3.85. The molecule has 1 amide bonds. The zero-order valence-electron chi connectivity index (χ0n) is 20.7. The van der Waals surface area contributed by atoms with Crippen molar-refractivity contribution in [2.75, 3.05) is 24.1 Å². The number of amides is 1. The van der Waals surface area contributed by atoms with Gasteiger partial charge in [0.2, 0.25) is 0 Å². The molecule has 0 saturated heterocycles. The van der Waals surface area contributed by atoms with E-state index in [1.54, 1.807) is 61.5 Å². The lowest BCUT2D eigenvalue weighted by Gasteiger charge is -2.25. The van der Waals surface area contributed by atoms with E-state index in [0.717, 1.165) is 16.3 Å². The van der Waals surface area contributed by atoms with E-state index in [9.17, 15) is 13.2 Å². The molecule has 8 nitrogen and oxygen atoms in total. The molecule has 3 rings (SSSR count). The number of nitrogens with one attached hydrogen (secondary N) is 1. The Labute approximate surface area is 212 Å². The molecule has 190 valence electrons. The van der Waals surface area contributed by atoms with Crippen molar-refractivity contribution in [3.05, 3.63) is 83.9 Å². The van der Waals surface area contributed by atoms with E-state index in [-0.39, 0.29) is 4.90 Å². The lowest BCUT2D eigenvalue weighted by Crippen LogP contribution is -2.40. The van der Waals surface area contributed by atoms with E-state index in [1.165, 1.54) is 18.3 Å². The molecular weight excluding hydrogens is 478 g/mol. The number of carbonyl (C=O) groups excluding carboxylic acids is 1. The summed E-state index contributed by atoms with van der Waals surface area (Å²) in [4.78, 5) is 12.9. The Morgan fingerprint density at radius 3 is 2.39 bits per heavy atom. The fourth-order valence-corrected chi connectivity index (χ4v) is 4.92. The SMILES string of the molecule is CCCOc1ccc(/C=N/NC(=O)CN(c2ccccc2C)S(=O)(=O)c2ccccc2)cc1OCC. The Bertz CT molecular complexity index is 1290. The Balaban J connectivity index is 1.78. The van der Waals surface area contributed by atoms with Crippen molar-refractivity contribution < 1.29 is 22.7 Å². The van der Waals surface area contributed by atoms with Crippen LogP contribution < -0.4 is 19.2 Å². The number of rotatable bonds is 12. The first kappa shape index (κ1) is 26.7. The van der Waals surface area contributed by atoms with Gasteiger partial charge >= 0.3 is 0 Å². The van der Waals surface area contributed by atoms with Gasteiger partial charge in [-0.05, 0) is 67.8 Å². The van der Waals surface area contributed by atoms with Crippen LogP contribution in [-0.2, 0) is 14.8 Å². The molecule has 0 radical (unpaired) electrons. The van der Waals surface area contributed by atoms with E-state index >= 15 is 0 Å². The summed E-state index contributed by atoms with van der Waals surface area (Å²) in [5.74, 6) is 0.641. The first-order chi connectivity index (χ1) is 17.4. The third-order valence-corrected chi connectivity index (χ3v) is 6.91. The summed E-state index contributed by atoms with van der Waals surface area (Å²) in [5.41, 5.74) is 4.26. The fourth-order valence-electron chi connectivity index (χ4n) is 3.41. The number of hydrogen-bond acceptors (Lipinski definition) is 6. The quantitative estimate of drug-likeness (QED) is 0.286. The molecule has 0 heterocycles. The Morgan fingerprint density at radius 1 is 0.972 bits per heavy atom. The van der Waals surface area contributed by atoms with Crippen molar-refractivity contribution in [2.24, 2.45) is 5.10 Å². The van der Waals surface area contributed by atoms with Crippen LogP contribution in [0.1, 0.15) is 31.4 Å². The summed E-state index contributed by atoms with van der Waals surface area (Å²) in [6, 6.07) is 20.4. The highest BCUT2D eigenvalue weighted by Crippen LogP contribution is 2.28. The number of hydrogen-bond donors (Lipinski definition) is 1. The Morgan fingerprint density at radius 2 is 1.69 bits per heavy atom. The van der Waals surface area contributed by atoms with Gasteiger partial charge in [-0.2, -0.15) is 5.10 Å². The van der Waals surface area contributed by atoms with Gasteiger partial charge in [0.25, 0.3) is 15.9 Å². The maximum Gasteiger partial charge on any atom is 0.264 e. The van der Waals surface area contributed by atoms with Gasteiger partial charge in [-0.15, -0.1) is 0 Å². The number of aryl methyl sites for hydroxylation is 1. The van der Waals surface area contributed by atoms with Crippen LogP contribution in [0.25, 0.3) is 0 Å². The van der Waals surface area contributed by atoms with Crippen LogP contribution >= 0.6 is 0 Å². The molecule has 1 N–H and O–H groups in total. The molecule has 0 unspecified atom stereocenters. The number of sulfonamides is 1. The van der Waals surface area contributed by atoms with Crippen LogP contribution in [0.15, 0.2) is 82.8 Å². The maximum atomic E-state index is 13.4. The number of para-hydroxylation sites is 1. The number of carbonyl (C=O) groups is 1. The number of anilines is 1. The second-order valence-corrected chi connectivity index (χ2v) is 9.75. The van der Waals surface area contributed by atoms with E-state index in [0.29, 0.717) is 36.0 Å². The van der Waals surface area contributed by atoms with Gasteiger partial charge in [-0.25, -0.2) is 13.8 Å². The predicted molar refractivity (Wildman–Crippen MR) is 141 cm³/mol. The first-order valence-electron chi connectivity index (χ1n) is 11.7. The molecule has 0 aromatic heterocycles. The van der Waals surface area contributed by atoms with Crippen LogP contribution in [-0.4, -0.2) is 40.3 Å². The van der Waals surface area contributed by atoms with E-state index in [4.69, 9.17) is 9.47 Å². The molecule has 0 aliphatic carbocycles. The summed E-state index contributed by atoms with van der Waals surface area (Å²) in [6.07, 6.45) is 2.34. The van der Waals surface area contributed by atoms with Gasteiger partial charge in [-0.3, -0.25) is 9.10 Å². The largest absolute Gasteiger partial charge is 0.490 e. The summed E-state index contributed by atoms with van der Waals surface area (Å²) >= 11 is 0. The summed E-state index contributed by atoms with van der Waals surface area (Å²) in [5, 5.41) is 4.02. The zero-order valence-corrected chi connectivity index (χ0v) is 21.5. The van der Waals surface area contributed by atoms with Crippen LogP contribution in [0.5, 0.6) is 11.5 Å². The molecule has 36 heavy (non-hydrogen) atoms. The molecule has 0 saturated carbocycles. The van der Waals surface area contributed by atoms with Crippen molar-refractivity contribution in [1.29, 1.82) is 0 Å². The third kappa shape index (κ3) is 6.85. The van der Waals surface area contributed by atoms with Crippen LogP contribution in [0.3, 0.4) is 0 Å². The van der Waals surface area contributed by atoms with Crippen molar-refractivity contribution in [3.8, 4) is 11.5 Å². The van der Waals surface area contributed by atoms with Gasteiger partial charge < -0.3 is 9.47 Å². The van der Waals surface area contributed by atoms with Gasteiger partial charge in [0.05, 0.1) is 30.0 Å². The highest BCUT2D eigenvalue weighted by atomic mass is 32.2. The van der Waals surface area contributed by atoms with Crippen LogP contribution in [0.4, 0.5) is 5.69 Å². The average molecular weight is 510 g/mol. The Kier molecular flexibility index (Phi) is 9.46. The minimum absolute atomic E-state index is 0.0957.